The minimum Gasteiger partial charge on any atom is -0.381 e. The number of ether oxygens (including phenoxy) is 1. The molecule has 1 heterocycles. The van der Waals surface area contributed by atoms with Crippen molar-refractivity contribution in [1.82, 2.24) is 0 Å². The molecule has 0 unspecified atom stereocenters. The van der Waals surface area contributed by atoms with Gasteiger partial charge < -0.3 is 15.0 Å². The summed E-state index contributed by atoms with van der Waals surface area (Å²) in [5.74, 6) is 0.0451. The van der Waals surface area contributed by atoms with Crippen LogP contribution in [0, 0.1) is 0 Å². The first kappa shape index (κ1) is 19.9. The second-order valence-corrected chi connectivity index (χ2v) is 7.79. The quantitative estimate of drug-likeness (QED) is 0.701. The third kappa shape index (κ3) is 4.36. The molecule has 27 heavy (non-hydrogen) atoms. The van der Waals surface area contributed by atoms with E-state index in [-0.39, 0.29) is 5.91 Å². The molecule has 5 heteroatoms. The summed E-state index contributed by atoms with van der Waals surface area (Å²) >= 11 is 3.48. The molecule has 2 aromatic rings. The molecule has 1 aliphatic heterocycles. The number of halogens is 1. The van der Waals surface area contributed by atoms with Gasteiger partial charge in [-0.25, -0.2) is 0 Å². The summed E-state index contributed by atoms with van der Waals surface area (Å²) in [6.45, 7) is 7.43. The summed E-state index contributed by atoms with van der Waals surface area (Å²) in [6.07, 6.45) is 1.38. The number of benzene rings is 2. The van der Waals surface area contributed by atoms with E-state index < -0.39 is 5.41 Å². The van der Waals surface area contributed by atoms with Crippen molar-refractivity contribution in [3.63, 3.8) is 0 Å². The van der Waals surface area contributed by atoms with E-state index in [0.717, 1.165) is 28.8 Å². The van der Waals surface area contributed by atoms with Gasteiger partial charge in [-0.15, -0.1) is 0 Å². The van der Waals surface area contributed by atoms with Crippen molar-refractivity contribution in [2.75, 3.05) is 36.5 Å². The number of hydrogen-bond acceptors (Lipinski definition) is 3. The van der Waals surface area contributed by atoms with Crippen LogP contribution in [0.15, 0.2) is 53.0 Å². The molecular weight excluding hydrogens is 404 g/mol. The molecule has 1 saturated heterocycles. The van der Waals surface area contributed by atoms with Crippen molar-refractivity contribution in [1.29, 1.82) is 0 Å². The van der Waals surface area contributed by atoms with Crippen molar-refractivity contribution < 1.29 is 9.53 Å². The Morgan fingerprint density at radius 1 is 1.04 bits per heavy atom. The van der Waals surface area contributed by atoms with Crippen molar-refractivity contribution in [2.45, 2.75) is 32.1 Å². The molecule has 1 amide bonds. The van der Waals surface area contributed by atoms with Gasteiger partial charge in [-0.1, -0.05) is 28.1 Å². The number of nitrogens with one attached hydrogen (secondary N) is 1. The van der Waals surface area contributed by atoms with Gasteiger partial charge in [-0.05, 0) is 68.7 Å². The molecular formula is C22H27BrN2O2. The topological polar surface area (TPSA) is 41.6 Å². The third-order valence-electron chi connectivity index (χ3n) is 5.43. The average Bonchev–Trinajstić information content (AvgIpc) is 2.71. The SMILES string of the molecule is CCN(CC)c1ccc(NC(=O)C2(c3ccc(Br)cc3)CCOCC2)cc1. The predicted molar refractivity (Wildman–Crippen MR) is 115 cm³/mol. The van der Waals surface area contributed by atoms with Crippen molar-refractivity contribution in [2.24, 2.45) is 0 Å². The highest BCUT2D eigenvalue weighted by molar-refractivity contribution is 9.10. The van der Waals surface area contributed by atoms with E-state index >= 15 is 0 Å². The fraction of sp³-hybridized carbons (Fsp3) is 0.409. The van der Waals surface area contributed by atoms with E-state index in [1.54, 1.807) is 0 Å². The molecule has 0 saturated carbocycles. The Kier molecular flexibility index (Phi) is 6.55. The van der Waals surface area contributed by atoms with Crippen LogP contribution in [0.25, 0.3) is 0 Å². The monoisotopic (exact) mass is 430 g/mol. The normalized spacial score (nSPS) is 16.0. The Morgan fingerprint density at radius 3 is 2.19 bits per heavy atom. The molecule has 3 rings (SSSR count). The number of nitrogens with zero attached hydrogens (tertiary/aromatic N) is 1. The van der Waals surface area contributed by atoms with Crippen LogP contribution in [0.3, 0.4) is 0 Å². The number of carbonyl (C=O) groups excluding carboxylic acids is 1. The second-order valence-electron chi connectivity index (χ2n) is 6.87. The van der Waals surface area contributed by atoms with E-state index in [1.807, 2.05) is 36.4 Å². The van der Waals surface area contributed by atoms with Gasteiger partial charge in [0, 0.05) is 42.2 Å². The molecule has 0 aromatic heterocycles. The molecule has 1 fully saturated rings. The largest absolute Gasteiger partial charge is 0.381 e. The Hall–Kier alpha value is -1.85. The van der Waals surface area contributed by atoms with Crippen LogP contribution >= 0.6 is 15.9 Å². The van der Waals surface area contributed by atoms with Gasteiger partial charge in [0.25, 0.3) is 0 Å². The highest BCUT2D eigenvalue weighted by Crippen LogP contribution is 2.37. The highest BCUT2D eigenvalue weighted by atomic mass is 79.9. The van der Waals surface area contributed by atoms with Crippen LogP contribution in [0.5, 0.6) is 0 Å². The lowest BCUT2D eigenvalue weighted by Crippen LogP contribution is -2.44. The molecule has 0 atom stereocenters. The molecule has 1 aliphatic rings. The van der Waals surface area contributed by atoms with Crippen LogP contribution in [0.2, 0.25) is 0 Å². The first-order chi connectivity index (χ1) is 13.1. The maximum Gasteiger partial charge on any atom is 0.235 e. The minimum atomic E-state index is -0.545. The van der Waals surface area contributed by atoms with Crippen LogP contribution in [-0.2, 0) is 14.9 Å². The number of carbonyl (C=O) groups is 1. The number of anilines is 2. The maximum absolute atomic E-state index is 13.3. The predicted octanol–water partition coefficient (Wildman–Crippen LogP) is 4.98. The summed E-state index contributed by atoms with van der Waals surface area (Å²) in [4.78, 5) is 15.6. The van der Waals surface area contributed by atoms with E-state index in [4.69, 9.17) is 4.74 Å². The molecule has 1 N–H and O–H groups in total. The van der Waals surface area contributed by atoms with E-state index in [2.05, 4.69) is 52.1 Å². The first-order valence-corrected chi connectivity index (χ1v) is 10.4. The standard InChI is InChI=1S/C22H27BrN2O2/c1-3-25(4-2)20-11-9-19(10-12-20)24-21(26)22(13-15-27-16-14-22)17-5-7-18(23)8-6-17/h5-12H,3-4,13-16H2,1-2H3,(H,24,26). The summed E-state index contributed by atoms with van der Waals surface area (Å²) in [5.41, 5.74) is 2.51. The molecule has 4 nitrogen and oxygen atoms in total. The van der Waals surface area contributed by atoms with Gasteiger partial charge in [0.2, 0.25) is 5.91 Å². The fourth-order valence-electron chi connectivity index (χ4n) is 3.73. The Balaban J connectivity index is 1.82. The van der Waals surface area contributed by atoms with Gasteiger partial charge in [-0.3, -0.25) is 4.79 Å². The molecule has 144 valence electrons. The fourth-order valence-corrected chi connectivity index (χ4v) is 4.00. The van der Waals surface area contributed by atoms with E-state index in [9.17, 15) is 4.79 Å². The maximum atomic E-state index is 13.3. The van der Waals surface area contributed by atoms with Crippen LogP contribution < -0.4 is 10.2 Å². The van der Waals surface area contributed by atoms with Crippen molar-refractivity contribution in [3.8, 4) is 0 Å². The summed E-state index contributed by atoms with van der Waals surface area (Å²) < 4.78 is 6.56. The minimum absolute atomic E-state index is 0.0451. The average molecular weight is 431 g/mol. The summed E-state index contributed by atoms with van der Waals surface area (Å²) in [6, 6.07) is 16.2. The number of hydrogen-bond donors (Lipinski definition) is 1. The zero-order chi connectivity index (χ0) is 19.3. The molecule has 0 spiro atoms. The smallest absolute Gasteiger partial charge is 0.235 e. The lowest BCUT2D eigenvalue weighted by atomic mass is 9.73. The third-order valence-corrected chi connectivity index (χ3v) is 5.96. The van der Waals surface area contributed by atoms with Crippen LogP contribution in [-0.4, -0.2) is 32.2 Å². The molecule has 0 radical (unpaired) electrons. The zero-order valence-corrected chi connectivity index (χ0v) is 17.6. The second kappa shape index (κ2) is 8.89. The summed E-state index contributed by atoms with van der Waals surface area (Å²) in [5, 5.41) is 3.14. The van der Waals surface area contributed by atoms with Gasteiger partial charge >= 0.3 is 0 Å². The van der Waals surface area contributed by atoms with Crippen molar-refractivity contribution in [3.05, 3.63) is 58.6 Å². The van der Waals surface area contributed by atoms with Crippen molar-refractivity contribution >= 4 is 33.2 Å². The van der Waals surface area contributed by atoms with Gasteiger partial charge in [-0.2, -0.15) is 0 Å². The Bertz CT molecular complexity index is 749. The number of rotatable bonds is 6. The first-order valence-electron chi connectivity index (χ1n) is 9.59. The van der Waals surface area contributed by atoms with Gasteiger partial charge in [0.1, 0.15) is 0 Å². The Morgan fingerprint density at radius 2 is 1.63 bits per heavy atom. The Labute approximate surface area is 170 Å². The van der Waals surface area contributed by atoms with Gasteiger partial charge in [0.05, 0.1) is 5.41 Å². The highest BCUT2D eigenvalue weighted by Gasteiger charge is 2.41. The molecule has 2 aromatic carbocycles. The zero-order valence-electron chi connectivity index (χ0n) is 16.0. The molecule has 0 bridgehead atoms. The van der Waals surface area contributed by atoms with Gasteiger partial charge in [0.15, 0.2) is 0 Å². The lowest BCUT2D eigenvalue weighted by molar-refractivity contribution is -0.125. The lowest BCUT2D eigenvalue weighted by Gasteiger charge is -2.36. The van der Waals surface area contributed by atoms with E-state index in [0.29, 0.717) is 26.1 Å². The van der Waals surface area contributed by atoms with E-state index in [1.165, 1.54) is 5.69 Å². The van der Waals surface area contributed by atoms with Crippen LogP contribution in [0.4, 0.5) is 11.4 Å². The number of amides is 1. The molecule has 0 aliphatic carbocycles. The van der Waals surface area contributed by atoms with Crippen LogP contribution in [0.1, 0.15) is 32.3 Å². The summed E-state index contributed by atoms with van der Waals surface area (Å²) in [7, 11) is 0.